The molecule has 0 unspecified atom stereocenters. The largest absolute Gasteiger partial charge is 0.376 e. The molecule has 4 rings (SSSR count). The molecule has 1 aromatic carbocycles. The minimum Gasteiger partial charge on any atom is -0.376 e. The number of fused-ring (bicyclic) bond motifs is 1. The fraction of sp³-hybridized carbons (Fsp3) is 0.412. The van der Waals surface area contributed by atoms with Crippen LogP contribution in [-0.2, 0) is 22.6 Å². The maximum atomic E-state index is 13.1. The second-order valence-corrected chi connectivity index (χ2v) is 6.46. The van der Waals surface area contributed by atoms with Gasteiger partial charge in [0.1, 0.15) is 12.4 Å². The van der Waals surface area contributed by atoms with Crippen molar-refractivity contribution in [3.8, 4) is 0 Å². The fourth-order valence-corrected chi connectivity index (χ4v) is 3.27. The van der Waals surface area contributed by atoms with Crippen molar-refractivity contribution < 1.29 is 18.7 Å². The molecule has 9 nitrogen and oxygen atoms in total. The third-order valence-corrected chi connectivity index (χ3v) is 4.63. The lowest BCUT2D eigenvalue weighted by Gasteiger charge is -2.16. The lowest BCUT2D eigenvalue weighted by atomic mass is 10.2. The summed E-state index contributed by atoms with van der Waals surface area (Å²) >= 11 is 0. The van der Waals surface area contributed by atoms with Gasteiger partial charge in [0.15, 0.2) is 5.82 Å². The van der Waals surface area contributed by atoms with Crippen molar-refractivity contribution in [2.75, 3.05) is 18.1 Å². The highest BCUT2D eigenvalue weighted by molar-refractivity contribution is 5.95. The summed E-state index contributed by atoms with van der Waals surface area (Å²) in [5, 5.41) is 2.71. The van der Waals surface area contributed by atoms with Gasteiger partial charge in [-0.2, -0.15) is 9.67 Å². The fourth-order valence-electron chi connectivity index (χ4n) is 3.27. The Morgan fingerprint density at radius 1 is 1.30 bits per heavy atom. The first kappa shape index (κ1) is 17.4. The zero-order valence-electron chi connectivity index (χ0n) is 14.4. The molecule has 10 heteroatoms. The lowest BCUT2D eigenvalue weighted by molar-refractivity contribution is -0.122. The monoisotopic (exact) mass is 375 g/mol. The highest BCUT2D eigenvalue weighted by atomic mass is 19.1. The van der Waals surface area contributed by atoms with Crippen LogP contribution in [0.3, 0.4) is 0 Å². The first-order chi connectivity index (χ1) is 13.0. The van der Waals surface area contributed by atoms with Gasteiger partial charge in [0, 0.05) is 18.8 Å². The number of anilines is 1. The van der Waals surface area contributed by atoms with E-state index in [4.69, 9.17) is 4.74 Å². The van der Waals surface area contributed by atoms with Crippen LogP contribution < -0.4 is 15.9 Å². The highest BCUT2D eigenvalue weighted by Crippen LogP contribution is 2.23. The topological polar surface area (TPSA) is 98.5 Å². The molecule has 27 heavy (non-hydrogen) atoms. The Morgan fingerprint density at radius 3 is 2.78 bits per heavy atom. The number of hydrogen-bond donors (Lipinski definition) is 1. The second kappa shape index (κ2) is 6.95. The summed E-state index contributed by atoms with van der Waals surface area (Å²) in [4.78, 5) is 42.2. The quantitative estimate of drug-likeness (QED) is 0.819. The van der Waals surface area contributed by atoms with Crippen molar-refractivity contribution in [2.24, 2.45) is 0 Å². The zero-order chi connectivity index (χ0) is 19.0. The molecule has 2 aliphatic rings. The van der Waals surface area contributed by atoms with E-state index in [0.717, 1.165) is 22.2 Å². The Kier molecular flexibility index (Phi) is 4.48. The van der Waals surface area contributed by atoms with Crippen molar-refractivity contribution in [1.82, 2.24) is 19.7 Å². The van der Waals surface area contributed by atoms with Crippen LogP contribution in [0.4, 0.5) is 14.9 Å². The van der Waals surface area contributed by atoms with Crippen molar-refractivity contribution in [1.29, 1.82) is 0 Å². The molecule has 2 aromatic rings. The first-order valence-electron chi connectivity index (χ1n) is 8.67. The van der Waals surface area contributed by atoms with E-state index in [1.807, 2.05) is 0 Å². The zero-order valence-corrected chi connectivity index (χ0v) is 14.4. The van der Waals surface area contributed by atoms with Gasteiger partial charge in [0.2, 0.25) is 5.91 Å². The molecule has 1 aromatic heterocycles. The molecule has 0 saturated carbocycles. The molecular formula is C17H18FN5O4. The van der Waals surface area contributed by atoms with E-state index >= 15 is 0 Å². The highest BCUT2D eigenvalue weighted by Gasteiger charge is 2.33. The van der Waals surface area contributed by atoms with Gasteiger partial charge < -0.3 is 10.1 Å². The smallest absolute Gasteiger partial charge is 0.365 e. The Hall–Kier alpha value is -3.01. The summed E-state index contributed by atoms with van der Waals surface area (Å²) < 4.78 is 20.6. The molecule has 0 spiro atoms. The van der Waals surface area contributed by atoms with Gasteiger partial charge in [-0.25, -0.2) is 18.7 Å². The van der Waals surface area contributed by atoms with Crippen LogP contribution in [0.15, 0.2) is 29.1 Å². The summed E-state index contributed by atoms with van der Waals surface area (Å²) in [6.07, 6.45) is 1.83. The van der Waals surface area contributed by atoms with E-state index in [2.05, 4.69) is 10.3 Å². The van der Waals surface area contributed by atoms with Crippen LogP contribution in [0, 0.1) is 5.82 Å². The Morgan fingerprint density at radius 2 is 2.07 bits per heavy atom. The number of benzene rings is 1. The predicted octanol–water partition coefficient (Wildman–Crippen LogP) is 0.467. The van der Waals surface area contributed by atoms with E-state index in [0.29, 0.717) is 18.8 Å². The maximum absolute atomic E-state index is 13.1. The van der Waals surface area contributed by atoms with Gasteiger partial charge >= 0.3 is 11.7 Å². The van der Waals surface area contributed by atoms with Gasteiger partial charge in [0.25, 0.3) is 0 Å². The Bertz CT molecular complexity index is 930. The average molecular weight is 375 g/mol. The number of nitrogens with one attached hydrogen (secondary N) is 1. The summed E-state index contributed by atoms with van der Waals surface area (Å²) in [7, 11) is 0. The molecule has 142 valence electrons. The van der Waals surface area contributed by atoms with Gasteiger partial charge in [-0.3, -0.25) is 9.69 Å². The molecule has 1 atom stereocenters. The maximum Gasteiger partial charge on any atom is 0.365 e. The third-order valence-electron chi connectivity index (χ3n) is 4.63. The molecule has 3 heterocycles. The van der Waals surface area contributed by atoms with E-state index in [1.54, 1.807) is 0 Å². The predicted molar refractivity (Wildman–Crippen MR) is 91.8 cm³/mol. The molecule has 2 aliphatic heterocycles. The summed E-state index contributed by atoms with van der Waals surface area (Å²) in [5.74, 6) is -0.576. The minimum absolute atomic E-state index is 0.0163. The third kappa shape index (κ3) is 3.35. The number of halogens is 1. The van der Waals surface area contributed by atoms with Crippen LogP contribution >= 0.6 is 0 Å². The first-order valence-corrected chi connectivity index (χ1v) is 8.67. The number of aromatic nitrogens is 3. The molecule has 0 aliphatic carbocycles. The Labute approximate surface area is 153 Å². The second-order valence-electron chi connectivity index (χ2n) is 6.46. The summed E-state index contributed by atoms with van der Waals surface area (Å²) in [6, 6.07) is 4.91. The lowest BCUT2D eigenvalue weighted by Crippen LogP contribution is -2.40. The van der Waals surface area contributed by atoms with Crippen LogP contribution in [0.25, 0.3) is 0 Å². The molecule has 1 saturated heterocycles. The average Bonchev–Trinajstić information content (AvgIpc) is 3.34. The van der Waals surface area contributed by atoms with Crippen LogP contribution in [0.5, 0.6) is 0 Å². The normalized spacial score (nSPS) is 18.8. The number of amides is 2. The van der Waals surface area contributed by atoms with Gasteiger partial charge in [-0.15, -0.1) is 0 Å². The molecule has 0 bridgehead atoms. The number of carbonyl (C=O) groups excluding carboxylic acids is 2. The van der Waals surface area contributed by atoms with Gasteiger partial charge in [-0.05, 0) is 37.1 Å². The number of carbonyl (C=O) groups is 2. The summed E-state index contributed by atoms with van der Waals surface area (Å²) in [5.41, 5.74) is -0.182. The SMILES string of the molecule is O=C(Cn1c(=O)nc2n1C(=O)N(c1ccc(F)cc1)C2)NC[C@@H]1CCCO1. The number of hydrogen-bond acceptors (Lipinski definition) is 5. The van der Waals surface area contributed by atoms with Crippen molar-refractivity contribution >= 4 is 17.6 Å². The number of nitrogens with zero attached hydrogens (tertiary/aromatic N) is 4. The van der Waals surface area contributed by atoms with Crippen molar-refractivity contribution in [3.05, 3.63) is 46.4 Å². The van der Waals surface area contributed by atoms with E-state index in [1.165, 1.54) is 29.2 Å². The number of ether oxygens (including phenoxy) is 1. The molecule has 1 N–H and O–H groups in total. The van der Waals surface area contributed by atoms with E-state index in [-0.39, 0.29) is 25.0 Å². The minimum atomic E-state index is -0.663. The molecular weight excluding hydrogens is 357 g/mol. The number of rotatable bonds is 5. The van der Waals surface area contributed by atoms with Crippen molar-refractivity contribution in [2.45, 2.75) is 32.0 Å². The van der Waals surface area contributed by atoms with Crippen LogP contribution in [0.2, 0.25) is 0 Å². The molecule has 1 fully saturated rings. The Balaban J connectivity index is 1.48. The van der Waals surface area contributed by atoms with Gasteiger partial charge in [-0.1, -0.05) is 0 Å². The van der Waals surface area contributed by atoms with Gasteiger partial charge in [0.05, 0.1) is 12.6 Å². The van der Waals surface area contributed by atoms with E-state index < -0.39 is 23.4 Å². The van der Waals surface area contributed by atoms with Crippen LogP contribution in [-0.4, -0.2) is 45.5 Å². The van der Waals surface area contributed by atoms with Crippen molar-refractivity contribution in [3.63, 3.8) is 0 Å². The standard InChI is InChI=1S/C17H18FN5O4/c18-11-3-5-12(6-4-11)21-9-14-20-16(25)22(23(14)17(21)26)10-15(24)19-8-13-2-1-7-27-13/h3-6,13H,1-2,7-10H2,(H,19,24)/t13-/m0/s1. The molecule has 0 radical (unpaired) electrons. The molecule has 2 amide bonds. The van der Waals surface area contributed by atoms with E-state index in [9.17, 15) is 18.8 Å². The van der Waals surface area contributed by atoms with Crippen LogP contribution in [0.1, 0.15) is 18.7 Å². The summed E-state index contributed by atoms with van der Waals surface area (Å²) in [6.45, 7) is 0.805.